The summed E-state index contributed by atoms with van der Waals surface area (Å²) in [5.74, 6) is 2.99. The molecule has 1 aliphatic carbocycles. The summed E-state index contributed by atoms with van der Waals surface area (Å²) in [6.07, 6.45) is 1.71. The van der Waals surface area contributed by atoms with Crippen molar-refractivity contribution in [1.82, 2.24) is 5.32 Å². The highest BCUT2D eigenvalue weighted by atomic mass is 16.5. The van der Waals surface area contributed by atoms with Gasteiger partial charge in [-0.25, -0.2) is 0 Å². The van der Waals surface area contributed by atoms with Gasteiger partial charge in [-0.3, -0.25) is 4.79 Å². The van der Waals surface area contributed by atoms with Crippen LogP contribution >= 0.6 is 0 Å². The predicted molar refractivity (Wildman–Crippen MR) is 102 cm³/mol. The van der Waals surface area contributed by atoms with E-state index >= 15 is 0 Å². The molecule has 3 rings (SSSR count). The summed E-state index contributed by atoms with van der Waals surface area (Å²) in [5, 5.41) is 3.15. The number of benzene rings is 1. The Morgan fingerprint density at radius 3 is 2.30 bits per heavy atom. The molecule has 0 spiro atoms. The molecular formula is C21H27NO5. The number of ether oxygens (including phenoxy) is 3. The van der Waals surface area contributed by atoms with Crippen molar-refractivity contribution in [3.05, 3.63) is 40.8 Å². The largest absolute Gasteiger partial charge is 0.493 e. The lowest BCUT2D eigenvalue weighted by Crippen LogP contribution is -2.36. The minimum Gasteiger partial charge on any atom is -0.493 e. The van der Waals surface area contributed by atoms with Gasteiger partial charge in [0.2, 0.25) is 5.75 Å². The Bertz CT molecular complexity index is 827. The SMILES string of the molecule is COc1cc(C(=O)NC2CC(C)(C)Cc3oc(C)cc32)cc(OC)c1OC. The van der Waals surface area contributed by atoms with Gasteiger partial charge < -0.3 is 23.9 Å². The molecule has 0 aliphatic heterocycles. The van der Waals surface area contributed by atoms with Crippen LogP contribution in [0.15, 0.2) is 22.6 Å². The summed E-state index contributed by atoms with van der Waals surface area (Å²) in [5.41, 5.74) is 1.56. The van der Waals surface area contributed by atoms with E-state index in [0.29, 0.717) is 22.8 Å². The summed E-state index contributed by atoms with van der Waals surface area (Å²) in [6.45, 7) is 6.31. The minimum atomic E-state index is -0.193. The predicted octanol–water partition coefficient (Wildman–Crippen LogP) is 4.06. The van der Waals surface area contributed by atoms with E-state index in [9.17, 15) is 4.79 Å². The van der Waals surface area contributed by atoms with Crippen molar-refractivity contribution in [2.24, 2.45) is 5.41 Å². The van der Waals surface area contributed by atoms with Crippen LogP contribution in [0.5, 0.6) is 17.2 Å². The van der Waals surface area contributed by atoms with Crippen molar-refractivity contribution in [3.8, 4) is 17.2 Å². The standard InChI is InChI=1S/C21H27NO5/c1-12-7-14-15(10-21(2,3)11-18(14)27-12)22-20(23)13-8-16(24-4)19(26-6)17(9-13)25-5/h7-9,15H,10-11H2,1-6H3,(H,22,23). The Hall–Kier alpha value is -2.63. The molecule has 27 heavy (non-hydrogen) atoms. The van der Waals surface area contributed by atoms with Crippen molar-refractivity contribution >= 4 is 5.91 Å². The first kappa shape index (κ1) is 19.1. The van der Waals surface area contributed by atoms with Crippen LogP contribution < -0.4 is 19.5 Å². The van der Waals surface area contributed by atoms with Gasteiger partial charge in [0, 0.05) is 17.5 Å². The molecule has 0 fully saturated rings. The van der Waals surface area contributed by atoms with E-state index in [1.807, 2.05) is 13.0 Å². The number of fused-ring (bicyclic) bond motifs is 1. The Kier molecular flexibility index (Phi) is 5.09. The Morgan fingerprint density at radius 2 is 1.74 bits per heavy atom. The Balaban J connectivity index is 1.91. The normalized spacial score (nSPS) is 17.8. The zero-order valence-corrected chi connectivity index (χ0v) is 16.8. The van der Waals surface area contributed by atoms with Crippen LogP contribution in [0.1, 0.15) is 53.8 Å². The molecule has 1 unspecified atom stereocenters. The maximum Gasteiger partial charge on any atom is 0.252 e. The number of hydrogen-bond donors (Lipinski definition) is 1. The number of methoxy groups -OCH3 is 3. The summed E-state index contributed by atoms with van der Waals surface area (Å²) >= 11 is 0. The van der Waals surface area contributed by atoms with Crippen molar-refractivity contribution in [2.45, 2.75) is 39.7 Å². The van der Waals surface area contributed by atoms with E-state index in [0.717, 1.165) is 29.9 Å². The van der Waals surface area contributed by atoms with Crippen LogP contribution in [0.2, 0.25) is 0 Å². The van der Waals surface area contributed by atoms with E-state index in [2.05, 4.69) is 19.2 Å². The molecule has 0 bridgehead atoms. The first-order valence-corrected chi connectivity index (χ1v) is 8.98. The van der Waals surface area contributed by atoms with Crippen LogP contribution in [-0.2, 0) is 6.42 Å². The fourth-order valence-corrected chi connectivity index (χ4v) is 3.77. The average molecular weight is 373 g/mol. The first-order valence-electron chi connectivity index (χ1n) is 8.98. The zero-order valence-electron chi connectivity index (χ0n) is 16.8. The van der Waals surface area contributed by atoms with Gasteiger partial charge in [0.05, 0.1) is 27.4 Å². The fourth-order valence-electron chi connectivity index (χ4n) is 3.77. The summed E-state index contributed by atoms with van der Waals surface area (Å²) in [4.78, 5) is 13.0. The van der Waals surface area contributed by atoms with E-state index in [4.69, 9.17) is 18.6 Å². The Morgan fingerprint density at radius 1 is 1.11 bits per heavy atom. The lowest BCUT2D eigenvalue weighted by molar-refractivity contribution is 0.0916. The average Bonchev–Trinajstić information content (AvgIpc) is 2.99. The van der Waals surface area contributed by atoms with Gasteiger partial charge in [0.1, 0.15) is 11.5 Å². The monoisotopic (exact) mass is 373 g/mol. The highest BCUT2D eigenvalue weighted by Gasteiger charge is 2.35. The molecule has 1 N–H and O–H groups in total. The lowest BCUT2D eigenvalue weighted by atomic mass is 9.74. The second-order valence-corrected chi connectivity index (χ2v) is 7.72. The number of rotatable bonds is 5. The molecular weight excluding hydrogens is 346 g/mol. The molecule has 1 aromatic heterocycles. The molecule has 1 atom stereocenters. The van der Waals surface area contributed by atoms with Crippen molar-refractivity contribution in [1.29, 1.82) is 0 Å². The smallest absolute Gasteiger partial charge is 0.252 e. The molecule has 6 nitrogen and oxygen atoms in total. The van der Waals surface area contributed by atoms with Gasteiger partial charge >= 0.3 is 0 Å². The van der Waals surface area contributed by atoms with Gasteiger partial charge in [-0.2, -0.15) is 0 Å². The van der Waals surface area contributed by atoms with Crippen LogP contribution in [0.4, 0.5) is 0 Å². The molecule has 1 heterocycles. The van der Waals surface area contributed by atoms with E-state index in [1.165, 1.54) is 21.3 Å². The van der Waals surface area contributed by atoms with Gasteiger partial charge in [-0.1, -0.05) is 13.8 Å². The molecule has 1 aliphatic rings. The summed E-state index contributed by atoms with van der Waals surface area (Å²) < 4.78 is 21.9. The van der Waals surface area contributed by atoms with Gasteiger partial charge in [0.25, 0.3) is 5.91 Å². The maximum atomic E-state index is 13.0. The number of furan rings is 1. The molecule has 1 amide bonds. The molecule has 2 aromatic rings. The number of aryl methyl sites for hydroxylation is 1. The van der Waals surface area contributed by atoms with Crippen LogP contribution in [0.3, 0.4) is 0 Å². The van der Waals surface area contributed by atoms with E-state index in [1.54, 1.807) is 12.1 Å². The third kappa shape index (κ3) is 3.75. The molecule has 0 saturated heterocycles. The summed E-state index contributed by atoms with van der Waals surface area (Å²) in [7, 11) is 4.60. The number of hydrogen-bond acceptors (Lipinski definition) is 5. The maximum absolute atomic E-state index is 13.0. The topological polar surface area (TPSA) is 69.9 Å². The summed E-state index contributed by atoms with van der Waals surface area (Å²) in [6, 6.07) is 5.23. The fraction of sp³-hybridized carbons (Fsp3) is 0.476. The number of nitrogens with one attached hydrogen (secondary N) is 1. The van der Waals surface area contributed by atoms with Crippen molar-refractivity contribution in [3.63, 3.8) is 0 Å². The van der Waals surface area contributed by atoms with Crippen LogP contribution in [-0.4, -0.2) is 27.2 Å². The number of carbonyl (C=O) groups excluding carboxylic acids is 1. The molecule has 1 aromatic carbocycles. The van der Waals surface area contributed by atoms with Gasteiger partial charge in [-0.05, 0) is 37.0 Å². The lowest BCUT2D eigenvalue weighted by Gasteiger charge is -2.34. The van der Waals surface area contributed by atoms with Crippen LogP contribution in [0.25, 0.3) is 0 Å². The zero-order chi connectivity index (χ0) is 19.8. The first-order chi connectivity index (χ1) is 12.8. The van der Waals surface area contributed by atoms with Crippen molar-refractivity contribution < 1.29 is 23.4 Å². The third-order valence-corrected chi connectivity index (χ3v) is 4.97. The highest BCUT2D eigenvalue weighted by molar-refractivity contribution is 5.96. The van der Waals surface area contributed by atoms with E-state index in [-0.39, 0.29) is 17.4 Å². The number of carbonyl (C=O) groups is 1. The Labute approximate surface area is 159 Å². The molecule has 0 radical (unpaired) electrons. The molecule has 146 valence electrons. The second kappa shape index (κ2) is 7.18. The minimum absolute atomic E-state index is 0.0462. The molecule has 6 heteroatoms. The van der Waals surface area contributed by atoms with E-state index < -0.39 is 0 Å². The van der Waals surface area contributed by atoms with Gasteiger partial charge in [0.15, 0.2) is 11.5 Å². The quantitative estimate of drug-likeness (QED) is 0.856. The highest BCUT2D eigenvalue weighted by Crippen LogP contribution is 2.43. The molecule has 0 saturated carbocycles. The van der Waals surface area contributed by atoms with Gasteiger partial charge in [-0.15, -0.1) is 0 Å². The second-order valence-electron chi connectivity index (χ2n) is 7.72. The number of amides is 1. The van der Waals surface area contributed by atoms with Crippen LogP contribution in [0, 0.1) is 12.3 Å². The third-order valence-electron chi connectivity index (χ3n) is 4.97. The van der Waals surface area contributed by atoms with Crippen molar-refractivity contribution in [2.75, 3.05) is 21.3 Å².